The zero-order valence-electron chi connectivity index (χ0n) is 17.7. The number of amides is 1. The highest BCUT2D eigenvalue weighted by Gasteiger charge is 2.17. The van der Waals surface area contributed by atoms with Gasteiger partial charge in [-0.1, -0.05) is 18.6 Å². The Morgan fingerprint density at radius 1 is 1.03 bits per heavy atom. The second kappa shape index (κ2) is 9.41. The normalized spacial score (nSPS) is 14.4. The highest BCUT2D eigenvalue weighted by Crippen LogP contribution is 2.15. The van der Waals surface area contributed by atoms with Gasteiger partial charge in [0, 0.05) is 18.7 Å². The first-order valence-electron chi connectivity index (χ1n) is 10.5. The fraction of sp³-hybridized carbons (Fsp3) is 0.273. The fourth-order valence-corrected chi connectivity index (χ4v) is 4.66. The Morgan fingerprint density at radius 3 is 2.58 bits per heavy atom. The summed E-state index contributed by atoms with van der Waals surface area (Å²) in [5.41, 5.74) is -0.540. The minimum absolute atomic E-state index is 0.0367. The van der Waals surface area contributed by atoms with Crippen molar-refractivity contribution in [1.82, 2.24) is 14.3 Å². The monoisotopic (exact) mass is 469 g/mol. The molecule has 2 heterocycles. The van der Waals surface area contributed by atoms with Crippen molar-refractivity contribution in [2.45, 2.75) is 37.1 Å². The molecule has 3 N–H and O–H groups in total. The molecule has 0 spiro atoms. The number of aliphatic imine (C=N–C) groups is 1. The van der Waals surface area contributed by atoms with Crippen LogP contribution in [0.25, 0.3) is 10.9 Å². The molecule has 11 heteroatoms. The zero-order valence-corrected chi connectivity index (χ0v) is 18.5. The van der Waals surface area contributed by atoms with Gasteiger partial charge in [0.2, 0.25) is 5.91 Å². The van der Waals surface area contributed by atoms with Gasteiger partial charge < -0.3 is 10.3 Å². The molecular weight excluding hydrogens is 446 g/mol. The zero-order chi connectivity index (χ0) is 23.4. The number of rotatable bonds is 5. The van der Waals surface area contributed by atoms with E-state index < -0.39 is 33.7 Å². The van der Waals surface area contributed by atoms with Crippen molar-refractivity contribution in [3.63, 3.8) is 0 Å². The molecule has 0 saturated heterocycles. The molecule has 0 fully saturated rings. The average Bonchev–Trinajstić information content (AvgIpc) is 3.05. The van der Waals surface area contributed by atoms with Gasteiger partial charge in [-0.15, -0.1) is 0 Å². The number of aromatic amines is 1. The van der Waals surface area contributed by atoms with Gasteiger partial charge in [-0.05, 0) is 49.2 Å². The van der Waals surface area contributed by atoms with Crippen molar-refractivity contribution in [2.24, 2.45) is 4.99 Å². The molecule has 33 heavy (non-hydrogen) atoms. The Balaban J connectivity index is 1.45. The first-order valence-corrected chi connectivity index (χ1v) is 12.0. The molecule has 3 aromatic rings. The quantitative estimate of drug-likeness (QED) is 0.520. The van der Waals surface area contributed by atoms with Crippen molar-refractivity contribution in [3.05, 3.63) is 69.4 Å². The van der Waals surface area contributed by atoms with E-state index in [1.165, 1.54) is 24.3 Å². The summed E-state index contributed by atoms with van der Waals surface area (Å²) in [7, 11) is -3.79. The number of anilines is 1. The number of hydrogen-bond acceptors (Lipinski definition) is 6. The van der Waals surface area contributed by atoms with E-state index in [1.54, 1.807) is 24.3 Å². The molecule has 4 rings (SSSR count). The van der Waals surface area contributed by atoms with Gasteiger partial charge in [0.1, 0.15) is 12.4 Å². The number of sulfonamides is 1. The van der Waals surface area contributed by atoms with Crippen molar-refractivity contribution >= 4 is 38.4 Å². The molecule has 1 aromatic heterocycles. The SMILES string of the molecule is O=C(Cn1c(=O)[nH]c2ccccc2c1=O)Nc1ccc(S(=O)(=O)NC2=NCCCCC2)cc1. The lowest BCUT2D eigenvalue weighted by molar-refractivity contribution is -0.116. The van der Waals surface area contributed by atoms with E-state index in [0.717, 1.165) is 23.8 Å². The number of para-hydroxylation sites is 1. The Bertz CT molecular complexity index is 1440. The number of nitrogens with zero attached hydrogens (tertiary/aromatic N) is 2. The first-order chi connectivity index (χ1) is 15.8. The smallest absolute Gasteiger partial charge is 0.325 e. The van der Waals surface area contributed by atoms with Crippen LogP contribution in [0.4, 0.5) is 5.69 Å². The number of aromatic nitrogens is 2. The molecular formula is C22H23N5O5S. The van der Waals surface area contributed by atoms with E-state index in [0.29, 0.717) is 35.4 Å². The lowest BCUT2D eigenvalue weighted by atomic mass is 10.2. The Hall–Kier alpha value is -3.73. The molecule has 0 radical (unpaired) electrons. The van der Waals surface area contributed by atoms with Crippen molar-refractivity contribution in [1.29, 1.82) is 0 Å². The van der Waals surface area contributed by atoms with E-state index in [2.05, 4.69) is 20.0 Å². The Labute approximate surface area is 189 Å². The number of amidine groups is 1. The molecule has 0 saturated carbocycles. The van der Waals surface area contributed by atoms with E-state index in [4.69, 9.17) is 0 Å². The summed E-state index contributed by atoms with van der Waals surface area (Å²) in [6.45, 7) is 0.117. The number of H-pyrrole nitrogens is 1. The predicted octanol–water partition coefficient (Wildman–Crippen LogP) is 1.58. The van der Waals surface area contributed by atoms with Crippen molar-refractivity contribution in [3.8, 4) is 0 Å². The molecule has 10 nitrogen and oxygen atoms in total. The third-order valence-corrected chi connectivity index (χ3v) is 6.66. The van der Waals surface area contributed by atoms with Crippen LogP contribution >= 0.6 is 0 Å². The largest absolute Gasteiger partial charge is 0.329 e. The fourth-order valence-electron chi connectivity index (χ4n) is 3.58. The van der Waals surface area contributed by atoms with Crippen LogP contribution < -0.4 is 21.3 Å². The van der Waals surface area contributed by atoms with Gasteiger partial charge in [-0.2, -0.15) is 0 Å². The highest BCUT2D eigenvalue weighted by molar-refractivity contribution is 7.90. The lowest BCUT2D eigenvalue weighted by Gasteiger charge is -2.11. The number of nitrogens with one attached hydrogen (secondary N) is 3. The van der Waals surface area contributed by atoms with Gasteiger partial charge in [0.15, 0.2) is 0 Å². The molecule has 0 unspecified atom stereocenters. The highest BCUT2D eigenvalue weighted by atomic mass is 32.2. The van der Waals surface area contributed by atoms with Gasteiger partial charge in [-0.25, -0.2) is 13.2 Å². The van der Waals surface area contributed by atoms with Crippen LogP contribution in [-0.2, 0) is 21.4 Å². The maximum absolute atomic E-state index is 12.6. The second-order valence-corrected chi connectivity index (χ2v) is 9.37. The predicted molar refractivity (Wildman–Crippen MR) is 125 cm³/mol. The topological polar surface area (TPSA) is 142 Å². The van der Waals surface area contributed by atoms with E-state index in [-0.39, 0.29) is 4.90 Å². The summed E-state index contributed by atoms with van der Waals surface area (Å²) < 4.78 is 28.6. The third-order valence-electron chi connectivity index (χ3n) is 5.27. The standard InChI is InChI=1S/C22H23N5O5S/c28-20(14-27-21(29)17-6-3-4-7-18(17)25-22(27)30)24-15-9-11-16(12-10-15)33(31,32)26-19-8-2-1-5-13-23-19/h3-4,6-7,9-12H,1-2,5,8,13-14H2,(H,23,26)(H,24,28)(H,25,30). The molecule has 1 aliphatic heterocycles. The minimum Gasteiger partial charge on any atom is -0.325 e. The maximum atomic E-state index is 12.6. The Kier molecular flexibility index (Phi) is 6.40. The minimum atomic E-state index is -3.79. The third kappa shape index (κ3) is 5.20. The number of carbonyl (C=O) groups is 1. The van der Waals surface area contributed by atoms with Crippen LogP contribution in [0, 0.1) is 0 Å². The molecule has 2 aromatic carbocycles. The summed E-state index contributed by atoms with van der Waals surface area (Å²) in [6.07, 6.45) is 3.42. The number of carbonyl (C=O) groups excluding carboxylic acids is 1. The van der Waals surface area contributed by atoms with Crippen LogP contribution in [-0.4, -0.2) is 36.3 Å². The van der Waals surface area contributed by atoms with Gasteiger partial charge >= 0.3 is 5.69 Å². The van der Waals surface area contributed by atoms with Gasteiger partial charge in [0.25, 0.3) is 15.6 Å². The average molecular weight is 470 g/mol. The molecule has 172 valence electrons. The molecule has 1 aliphatic rings. The molecule has 0 aliphatic carbocycles. The second-order valence-electron chi connectivity index (χ2n) is 7.68. The lowest BCUT2D eigenvalue weighted by Crippen LogP contribution is -2.38. The summed E-state index contributed by atoms with van der Waals surface area (Å²) in [5.74, 6) is -0.143. The van der Waals surface area contributed by atoms with Crippen LogP contribution in [0.15, 0.2) is 68.0 Å². The van der Waals surface area contributed by atoms with Crippen molar-refractivity contribution < 1.29 is 13.2 Å². The van der Waals surface area contributed by atoms with Crippen molar-refractivity contribution in [2.75, 3.05) is 11.9 Å². The van der Waals surface area contributed by atoms with Gasteiger partial charge in [-0.3, -0.25) is 23.9 Å². The van der Waals surface area contributed by atoms with E-state index in [9.17, 15) is 22.8 Å². The summed E-state index contributed by atoms with van der Waals surface area (Å²) >= 11 is 0. The summed E-state index contributed by atoms with van der Waals surface area (Å²) in [6, 6.07) is 12.1. The Morgan fingerprint density at radius 2 is 1.79 bits per heavy atom. The van der Waals surface area contributed by atoms with Crippen LogP contribution in [0.2, 0.25) is 0 Å². The first kappa shape index (κ1) is 22.5. The van der Waals surface area contributed by atoms with Crippen LogP contribution in [0.3, 0.4) is 0 Å². The number of fused-ring (bicyclic) bond motifs is 1. The summed E-state index contributed by atoms with van der Waals surface area (Å²) in [4.78, 5) is 44.1. The summed E-state index contributed by atoms with van der Waals surface area (Å²) in [5, 5.41) is 2.87. The number of benzene rings is 2. The molecule has 1 amide bonds. The van der Waals surface area contributed by atoms with Crippen LogP contribution in [0.5, 0.6) is 0 Å². The van der Waals surface area contributed by atoms with E-state index >= 15 is 0 Å². The van der Waals surface area contributed by atoms with Gasteiger partial charge in [0.05, 0.1) is 15.8 Å². The van der Waals surface area contributed by atoms with E-state index in [1.807, 2.05) is 0 Å². The molecule has 0 bridgehead atoms. The maximum Gasteiger partial charge on any atom is 0.329 e. The van der Waals surface area contributed by atoms with Crippen LogP contribution in [0.1, 0.15) is 25.7 Å². The number of hydrogen-bond donors (Lipinski definition) is 3. The molecule has 0 atom stereocenters.